The van der Waals surface area contributed by atoms with Gasteiger partial charge in [0.05, 0.1) is 39.3 Å². The number of carbonyl (C=O) groups is 7. The molecule has 13 N–H and O–H groups in total. The van der Waals surface area contributed by atoms with E-state index in [0.717, 1.165) is 21.6 Å². The fraction of sp³-hybridized carbons (Fsp3) is 0.109. The zero-order chi connectivity index (χ0) is 83.3. The van der Waals surface area contributed by atoms with Crippen LogP contribution in [0.2, 0.25) is 0 Å². The molecule has 0 aliphatic carbocycles. The minimum Gasteiger partial charge on any atom is -0.465 e. The highest BCUT2D eigenvalue weighted by atomic mass is 19.1. The van der Waals surface area contributed by atoms with Crippen LogP contribution in [0.1, 0.15) is 95.0 Å². The third-order valence-corrected chi connectivity index (χ3v) is 17.7. The van der Waals surface area contributed by atoms with E-state index in [1.165, 1.54) is 95.9 Å². The first-order valence-electron chi connectivity index (χ1n) is 36.9. The quantitative estimate of drug-likeness (QED) is 0.0222. The SMILES string of the molecule is CC(C)(CN(C(=O)c1cccc(N)c1)c1ccc(NC(=O)NCCc2cccnc2)cc1C#Cc1ccc(F)cc1)N(C(=O)O)c1cccc(C(=O)Nc2ccc(NC(=O)NCCc3cccnc3)cc2C#Cc2ccc(F)cc2)c1.Nc1cccc(C(=O)Nc2ccc(NC(=O)NCCc3cccnc3)cc2C#Cc2ccc(F)cc2)c1. The van der Waals surface area contributed by atoms with Crippen molar-refractivity contribution in [3.05, 3.63) is 358 Å². The number of benzene rings is 9. The van der Waals surface area contributed by atoms with E-state index in [0.29, 0.717) is 106 Å². The largest absolute Gasteiger partial charge is 0.465 e. The Hall–Kier alpha value is -16.0. The molecule has 0 radical (unpaired) electrons. The Morgan fingerprint density at radius 1 is 0.407 bits per heavy atom. The first-order chi connectivity index (χ1) is 57.0. The summed E-state index contributed by atoms with van der Waals surface area (Å²) in [5.74, 6) is 15.2. The van der Waals surface area contributed by atoms with Crippen LogP contribution >= 0.6 is 0 Å². The van der Waals surface area contributed by atoms with Crippen LogP contribution in [0.15, 0.2) is 274 Å². The van der Waals surface area contributed by atoms with Gasteiger partial charge in [-0.3, -0.25) is 34.2 Å². The number of nitrogens with one attached hydrogen (secondary N) is 8. The number of nitrogen functional groups attached to an aromatic ring is 2. The number of anilines is 9. The van der Waals surface area contributed by atoms with E-state index in [4.69, 9.17) is 11.5 Å². The Morgan fingerprint density at radius 3 is 1.18 bits per heavy atom. The Morgan fingerprint density at radius 2 is 0.780 bits per heavy atom. The third-order valence-electron chi connectivity index (χ3n) is 17.7. The van der Waals surface area contributed by atoms with Gasteiger partial charge >= 0.3 is 24.2 Å². The van der Waals surface area contributed by atoms with E-state index in [1.807, 2.05) is 30.3 Å². The summed E-state index contributed by atoms with van der Waals surface area (Å²) in [7, 11) is 0. The van der Waals surface area contributed by atoms with Crippen molar-refractivity contribution in [2.24, 2.45) is 0 Å². The summed E-state index contributed by atoms with van der Waals surface area (Å²) in [4.78, 5) is 109. The predicted molar refractivity (Wildman–Crippen MR) is 452 cm³/mol. The lowest BCUT2D eigenvalue weighted by atomic mass is 9.98. The third kappa shape index (κ3) is 24.7. The molecule has 0 saturated carbocycles. The van der Waals surface area contributed by atoms with Gasteiger partial charge in [0.25, 0.3) is 17.7 Å². The summed E-state index contributed by atoms with van der Waals surface area (Å²) in [6.45, 7) is 3.99. The van der Waals surface area contributed by atoms with Crippen LogP contribution in [0, 0.1) is 53.0 Å². The van der Waals surface area contributed by atoms with Gasteiger partial charge < -0.3 is 64.0 Å². The molecule has 23 nitrogen and oxygen atoms in total. The number of carbonyl (C=O) groups excluding carboxylic acids is 6. The monoisotopic (exact) mass is 1580 g/mol. The topological polar surface area (TPSA) is 333 Å². The molecule has 0 spiro atoms. The van der Waals surface area contributed by atoms with Crippen molar-refractivity contribution in [3.63, 3.8) is 0 Å². The number of nitrogens with zero attached hydrogens (tertiary/aromatic N) is 5. The Balaban J connectivity index is 0.000000306. The Kier molecular flexibility index (Phi) is 28.4. The number of carboxylic acid groups (broad SMARTS) is 1. The lowest BCUT2D eigenvalue weighted by molar-refractivity contribution is 0.0978. The van der Waals surface area contributed by atoms with Crippen molar-refractivity contribution >= 4 is 93.1 Å². The van der Waals surface area contributed by atoms with Crippen LogP contribution in [0.5, 0.6) is 0 Å². The molecule has 3 heterocycles. The second kappa shape index (κ2) is 40.5. The number of aromatic nitrogens is 3. The zero-order valence-corrected chi connectivity index (χ0v) is 63.8. The van der Waals surface area contributed by atoms with Crippen LogP contribution in [0.25, 0.3) is 0 Å². The molecule has 0 fully saturated rings. The summed E-state index contributed by atoms with van der Waals surface area (Å²) in [6.07, 6.45) is 10.5. The Bertz CT molecular complexity index is 5820. The number of rotatable bonds is 22. The molecule has 118 heavy (non-hydrogen) atoms. The molecule has 3 aromatic heterocycles. The number of hydrogen-bond donors (Lipinski definition) is 11. The molecule has 26 heteroatoms. The molecule has 0 atom stereocenters. The summed E-state index contributed by atoms with van der Waals surface area (Å²) in [5.41, 5.74) is 19.5. The number of amides is 10. The number of nitrogens with two attached hydrogens (primary N) is 2. The molecule has 0 unspecified atom stereocenters. The second-order valence-corrected chi connectivity index (χ2v) is 27.0. The van der Waals surface area contributed by atoms with Crippen molar-refractivity contribution < 1.29 is 51.8 Å². The van der Waals surface area contributed by atoms with Crippen LogP contribution in [-0.2, 0) is 19.3 Å². The minimum absolute atomic E-state index is 0.0532. The van der Waals surface area contributed by atoms with Gasteiger partial charge in [-0.1, -0.05) is 71.9 Å². The van der Waals surface area contributed by atoms with Gasteiger partial charge in [0.2, 0.25) is 0 Å². The average molecular weight is 1580 g/mol. The van der Waals surface area contributed by atoms with Crippen molar-refractivity contribution in [3.8, 4) is 35.5 Å². The first-order valence-corrected chi connectivity index (χ1v) is 36.9. The minimum atomic E-state index is -1.49. The van der Waals surface area contributed by atoms with Gasteiger partial charge in [0.1, 0.15) is 17.5 Å². The molecule has 9 aromatic carbocycles. The molecule has 12 aromatic rings. The van der Waals surface area contributed by atoms with Crippen LogP contribution in [-0.4, -0.2) is 93.7 Å². The zero-order valence-electron chi connectivity index (χ0n) is 63.8. The molecule has 0 aliphatic heterocycles. The van der Waals surface area contributed by atoms with Crippen LogP contribution < -0.4 is 63.8 Å². The van der Waals surface area contributed by atoms with Gasteiger partial charge in [-0.2, -0.15) is 0 Å². The fourth-order valence-electron chi connectivity index (χ4n) is 11.9. The van der Waals surface area contributed by atoms with E-state index < -0.39 is 47.1 Å². The molecular weight excluding hydrogens is 1500 g/mol. The number of pyridine rings is 3. The molecule has 0 bridgehead atoms. The van der Waals surface area contributed by atoms with E-state index in [-0.39, 0.29) is 58.1 Å². The van der Waals surface area contributed by atoms with Crippen LogP contribution in [0.3, 0.4) is 0 Å². The second-order valence-electron chi connectivity index (χ2n) is 27.0. The molecule has 0 aliphatic rings. The highest BCUT2D eigenvalue weighted by Crippen LogP contribution is 2.34. The number of urea groups is 3. The summed E-state index contributed by atoms with van der Waals surface area (Å²) >= 11 is 0. The summed E-state index contributed by atoms with van der Waals surface area (Å²) in [6, 6.07) is 59.9. The lowest BCUT2D eigenvalue weighted by Gasteiger charge is -2.40. The normalized spacial score (nSPS) is 10.4. The van der Waals surface area contributed by atoms with Gasteiger partial charge in [-0.15, -0.1) is 0 Å². The molecular formula is C92H78F3N15O8. The van der Waals surface area contributed by atoms with Gasteiger partial charge in [-0.25, -0.2) is 32.3 Å². The standard InChI is InChI=1S/C63H54F2N10O6.C29H24FN5O2/c1-63(2,41-74(59(77)49-10-3-11-52(66)35-49)57-28-26-54(37-47(57)20-14-43-17-23-51(65)24-18-43)72-61(79)70-34-30-45-8-6-32-68-40-45)75(62(80)81)55-12-4-9-48(38-55)58(76)73-56-27-25-53(36-46(56)19-13-42-15-21-50(64)22-16-42)71-60(78)69-33-29-44-7-5-31-67-39-44;30-24-10-7-20(8-11-24)6-9-22-18-26(34-29(37)33-16-14-21-3-2-15-32-19-21)12-13-27(22)35-28(36)23-4-1-5-25(31)17-23/h3-12,15-18,21-28,31-32,35-40H,29-30,33-34,41,66H2,1-2H3,(H,73,76)(H,80,81)(H2,69,71,78)(H2,70,72,79);1-5,7-8,10-13,15,17-19H,14,16,31H2,(H,35,36)(H2,33,34,37). The molecule has 590 valence electrons. The van der Waals surface area contributed by atoms with E-state index in [2.05, 4.69) is 93.0 Å². The van der Waals surface area contributed by atoms with Gasteiger partial charge in [0, 0.05) is 131 Å². The van der Waals surface area contributed by atoms with E-state index >= 15 is 0 Å². The van der Waals surface area contributed by atoms with Gasteiger partial charge in [-0.05, 0) is 250 Å². The van der Waals surface area contributed by atoms with Crippen molar-refractivity contribution in [2.75, 3.05) is 74.0 Å². The highest BCUT2D eigenvalue weighted by molar-refractivity contribution is 6.09. The van der Waals surface area contributed by atoms with Crippen LogP contribution in [0.4, 0.5) is 83.5 Å². The maximum atomic E-state index is 14.9. The maximum absolute atomic E-state index is 14.9. The molecule has 10 amide bonds. The van der Waals surface area contributed by atoms with Crippen molar-refractivity contribution in [1.29, 1.82) is 0 Å². The summed E-state index contributed by atoms with van der Waals surface area (Å²) < 4.78 is 41.0. The average Bonchev–Trinajstić information content (AvgIpc) is 0.775. The smallest absolute Gasteiger partial charge is 0.412 e. The number of hydrogen-bond acceptors (Lipinski definition) is 12. The fourth-order valence-corrected chi connectivity index (χ4v) is 11.9. The predicted octanol–water partition coefficient (Wildman–Crippen LogP) is 15.5. The van der Waals surface area contributed by atoms with Crippen molar-refractivity contribution in [1.82, 2.24) is 30.9 Å². The maximum Gasteiger partial charge on any atom is 0.412 e. The van der Waals surface area contributed by atoms with E-state index in [1.54, 1.807) is 166 Å². The first kappa shape index (κ1) is 82.9. The lowest BCUT2D eigenvalue weighted by Crippen LogP contribution is -2.55. The molecule has 12 rings (SSSR count). The highest BCUT2D eigenvalue weighted by Gasteiger charge is 2.38. The van der Waals surface area contributed by atoms with Gasteiger partial charge in [0.15, 0.2) is 0 Å². The number of halogens is 3. The molecule has 0 saturated heterocycles. The summed E-state index contributed by atoms with van der Waals surface area (Å²) in [5, 5.41) is 33.6. The van der Waals surface area contributed by atoms with E-state index in [9.17, 15) is 51.8 Å². The van der Waals surface area contributed by atoms with Crippen molar-refractivity contribution in [2.45, 2.75) is 38.6 Å². The Labute approximate surface area is 678 Å².